The molecule has 0 aliphatic heterocycles. The van der Waals surface area contributed by atoms with Gasteiger partial charge in [-0.15, -0.1) is 0 Å². The third-order valence-corrected chi connectivity index (χ3v) is 3.01. The van der Waals surface area contributed by atoms with Crippen LogP contribution in [0.1, 0.15) is 15.9 Å². The fourth-order valence-corrected chi connectivity index (χ4v) is 1.95. The van der Waals surface area contributed by atoms with E-state index in [1.165, 1.54) is 18.2 Å². The van der Waals surface area contributed by atoms with Crippen molar-refractivity contribution in [1.82, 2.24) is 0 Å². The van der Waals surface area contributed by atoms with Crippen molar-refractivity contribution in [3.8, 4) is 5.75 Å². The van der Waals surface area contributed by atoms with Crippen LogP contribution in [-0.2, 0) is 6.61 Å². The molecular formula is C14H9ClFNO4. The van der Waals surface area contributed by atoms with Gasteiger partial charge in [0.1, 0.15) is 24.5 Å². The number of nitrogens with zero attached hydrogens (tertiary/aromatic N) is 1. The molecule has 0 unspecified atom stereocenters. The molecule has 0 atom stereocenters. The Bertz CT molecular complexity index is 705. The molecule has 0 aliphatic carbocycles. The lowest BCUT2D eigenvalue weighted by Gasteiger charge is -2.09. The minimum atomic E-state index is -0.616. The van der Waals surface area contributed by atoms with Gasteiger partial charge in [-0.2, -0.15) is 0 Å². The lowest BCUT2D eigenvalue weighted by atomic mass is 10.2. The smallest absolute Gasteiger partial charge is 0.276 e. The number of nitro groups is 1. The molecule has 2 aromatic rings. The van der Waals surface area contributed by atoms with Gasteiger partial charge in [-0.3, -0.25) is 14.9 Å². The van der Waals surface area contributed by atoms with Crippen LogP contribution in [0.3, 0.4) is 0 Å². The molecule has 2 rings (SSSR count). The Labute approximate surface area is 124 Å². The summed E-state index contributed by atoms with van der Waals surface area (Å²) in [6, 6.07) is 7.49. The van der Waals surface area contributed by atoms with Crippen LogP contribution in [0.5, 0.6) is 5.75 Å². The zero-order valence-corrected chi connectivity index (χ0v) is 11.3. The van der Waals surface area contributed by atoms with Crippen LogP contribution in [0.25, 0.3) is 0 Å². The maximum atomic E-state index is 13.2. The third-order valence-electron chi connectivity index (χ3n) is 2.71. The highest BCUT2D eigenvalue weighted by Gasteiger charge is 2.15. The highest BCUT2D eigenvalue weighted by atomic mass is 35.5. The second-order valence-corrected chi connectivity index (χ2v) is 4.53. The Hall–Kier alpha value is -2.47. The van der Waals surface area contributed by atoms with E-state index in [1.807, 2.05) is 0 Å². The standard InChI is InChI=1S/C14H9ClFNO4/c15-12-5-9(7-18)1-4-14(12)21-8-10-6-11(16)2-3-13(10)17(19)20/h1-7H,8H2. The van der Waals surface area contributed by atoms with E-state index in [0.717, 1.165) is 18.2 Å². The summed E-state index contributed by atoms with van der Waals surface area (Å²) in [4.78, 5) is 20.8. The lowest BCUT2D eigenvalue weighted by molar-refractivity contribution is -0.385. The molecule has 0 spiro atoms. The summed E-state index contributed by atoms with van der Waals surface area (Å²) in [6.45, 7) is -0.214. The van der Waals surface area contributed by atoms with Gasteiger partial charge in [0.25, 0.3) is 5.69 Å². The SMILES string of the molecule is O=Cc1ccc(OCc2cc(F)ccc2[N+](=O)[O-])c(Cl)c1. The second kappa shape index (κ2) is 6.32. The molecule has 0 fully saturated rings. The van der Waals surface area contributed by atoms with Crippen LogP contribution in [-0.4, -0.2) is 11.2 Å². The molecule has 7 heteroatoms. The molecule has 21 heavy (non-hydrogen) atoms. The fourth-order valence-electron chi connectivity index (χ4n) is 1.71. The molecule has 0 radical (unpaired) electrons. The van der Waals surface area contributed by atoms with E-state index in [1.54, 1.807) is 0 Å². The Morgan fingerprint density at radius 2 is 2.05 bits per heavy atom. The molecule has 0 heterocycles. The summed E-state index contributed by atoms with van der Waals surface area (Å²) in [5.41, 5.74) is 0.233. The van der Waals surface area contributed by atoms with Gasteiger partial charge in [0.15, 0.2) is 0 Å². The van der Waals surface area contributed by atoms with Gasteiger partial charge in [-0.1, -0.05) is 11.6 Å². The molecular weight excluding hydrogens is 301 g/mol. The van der Waals surface area contributed by atoms with Crippen molar-refractivity contribution in [3.05, 3.63) is 68.5 Å². The minimum Gasteiger partial charge on any atom is -0.487 e. The molecule has 0 bridgehead atoms. The highest BCUT2D eigenvalue weighted by Crippen LogP contribution is 2.27. The quantitative estimate of drug-likeness (QED) is 0.479. The average molecular weight is 310 g/mol. The van der Waals surface area contributed by atoms with Crippen LogP contribution in [0.2, 0.25) is 5.02 Å². The van der Waals surface area contributed by atoms with E-state index >= 15 is 0 Å². The predicted octanol–water partition coefficient (Wildman–Crippen LogP) is 3.78. The van der Waals surface area contributed by atoms with E-state index in [4.69, 9.17) is 16.3 Å². The molecule has 0 saturated carbocycles. The van der Waals surface area contributed by atoms with Crippen molar-refractivity contribution in [2.75, 3.05) is 0 Å². The first kappa shape index (κ1) is 14.9. The van der Waals surface area contributed by atoms with Crippen LogP contribution in [0, 0.1) is 15.9 Å². The summed E-state index contributed by atoms with van der Waals surface area (Å²) in [7, 11) is 0. The molecule has 0 saturated heterocycles. The zero-order chi connectivity index (χ0) is 15.4. The first-order valence-electron chi connectivity index (χ1n) is 5.81. The van der Waals surface area contributed by atoms with Gasteiger partial charge in [-0.25, -0.2) is 4.39 Å². The number of rotatable bonds is 5. The predicted molar refractivity (Wildman–Crippen MR) is 74.2 cm³/mol. The summed E-state index contributed by atoms with van der Waals surface area (Å²) in [5, 5.41) is 11.1. The summed E-state index contributed by atoms with van der Waals surface area (Å²) >= 11 is 5.92. The van der Waals surface area contributed by atoms with Crippen molar-refractivity contribution in [2.24, 2.45) is 0 Å². The number of carbonyl (C=O) groups is 1. The number of hydrogen-bond acceptors (Lipinski definition) is 4. The van der Waals surface area contributed by atoms with Crippen molar-refractivity contribution in [2.45, 2.75) is 6.61 Å². The first-order valence-corrected chi connectivity index (χ1v) is 6.19. The number of hydrogen-bond donors (Lipinski definition) is 0. The van der Waals surface area contributed by atoms with Crippen molar-refractivity contribution >= 4 is 23.6 Å². The summed E-state index contributed by atoms with van der Waals surface area (Å²) < 4.78 is 18.5. The van der Waals surface area contributed by atoms with Crippen LogP contribution in [0.4, 0.5) is 10.1 Å². The Morgan fingerprint density at radius 3 is 2.67 bits per heavy atom. The number of carbonyl (C=O) groups excluding carboxylic acids is 1. The molecule has 5 nitrogen and oxygen atoms in total. The van der Waals surface area contributed by atoms with Gasteiger partial charge in [0, 0.05) is 11.6 Å². The number of ether oxygens (including phenoxy) is 1. The average Bonchev–Trinajstić information content (AvgIpc) is 2.45. The minimum absolute atomic E-state index is 0.0931. The van der Waals surface area contributed by atoms with Gasteiger partial charge in [-0.05, 0) is 30.3 Å². The monoisotopic (exact) mass is 309 g/mol. The maximum absolute atomic E-state index is 13.2. The molecule has 0 amide bonds. The van der Waals surface area contributed by atoms with Crippen molar-refractivity contribution in [1.29, 1.82) is 0 Å². The molecule has 0 N–H and O–H groups in total. The van der Waals surface area contributed by atoms with Crippen molar-refractivity contribution < 1.29 is 18.8 Å². The molecule has 0 aliphatic rings. The lowest BCUT2D eigenvalue weighted by Crippen LogP contribution is -2.02. The summed E-state index contributed by atoms with van der Waals surface area (Å²) in [5.74, 6) is -0.345. The van der Waals surface area contributed by atoms with Gasteiger partial charge >= 0.3 is 0 Å². The molecule has 108 valence electrons. The van der Waals surface area contributed by atoms with Crippen LogP contribution >= 0.6 is 11.6 Å². The zero-order valence-electron chi connectivity index (χ0n) is 10.6. The number of halogens is 2. The fraction of sp³-hybridized carbons (Fsp3) is 0.0714. The van der Waals surface area contributed by atoms with Crippen LogP contribution in [0.15, 0.2) is 36.4 Å². The van der Waals surface area contributed by atoms with E-state index in [0.29, 0.717) is 11.8 Å². The Balaban J connectivity index is 2.22. The van der Waals surface area contributed by atoms with E-state index in [2.05, 4.69) is 0 Å². The van der Waals surface area contributed by atoms with Gasteiger partial charge in [0.05, 0.1) is 15.5 Å². The number of aldehydes is 1. The van der Waals surface area contributed by atoms with E-state index < -0.39 is 10.7 Å². The number of benzene rings is 2. The van der Waals surface area contributed by atoms with Gasteiger partial charge < -0.3 is 4.74 Å². The highest BCUT2D eigenvalue weighted by molar-refractivity contribution is 6.32. The first-order chi connectivity index (χ1) is 10.0. The van der Waals surface area contributed by atoms with E-state index in [9.17, 15) is 19.3 Å². The molecule has 2 aromatic carbocycles. The van der Waals surface area contributed by atoms with Crippen molar-refractivity contribution in [3.63, 3.8) is 0 Å². The Morgan fingerprint density at radius 1 is 1.29 bits per heavy atom. The topological polar surface area (TPSA) is 69.4 Å². The normalized spacial score (nSPS) is 10.2. The van der Waals surface area contributed by atoms with Crippen LogP contribution < -0.4 is 4.74 Å². The van der Waals surface area contributed by atoms with E-state index in [-0.39, 0.29) is 28.6 Å². The third kappa shape index (κ3) is 3.55. The molecule has 0 aromatic heterocycles. The second-order valence-electron chi connectivity index (χ2n) is 4.13. The number of nitro benzene ring substituents is 1. The summed E-state index contributed by atoms with van der Waals surface area (Å²) in [6.07, 6.45) is 0.632. The maximum Gasteiger partial charge on any atom is 0.276 e. The largest absolute Gasteiger partial charge is 0.487 e. The van der Waals surface area contributed by atoms with Gasteiger partial charge in [0.2, 0.25) is 0 Å². The Kier molecular flexibility index (Phi) is 4.49.